The fourth-order valence-electron chi connectivity index (χ4n) is 2.05. The minimum atomic E-state index is -2.83. The Morgan fingerprint density at radius 1 is 1.24 bits per heavy atom. The molecular formula is C12H15NO8. The lowest BCUT2D eigenvalue weighted by molar-refractivity contribution is -0.706. The molecule has 0 aliphatic carbocycles. The van der Waals surface area contributed by atoms with E-state index in [1.165, 1.54) is 12.1 Å². The van der Waals surface area contributed by atoms with Crippen molar-refractivity contribution in [3.8, 4) is 5.75 Å². The number of ether oxygens (including phenoxy) is 2. The highest BCUT2D eigenvalue weighted by molar-refractivity contribution is 5.21. The number of nitro groups is 1. The molecule has 1 fully saturated rings. The summed E-state index contributed by atoms with van der Waals surface area (Å²) >= 11 is 0. The molecule has 1 aromatic carbocycles. The molecule has 2 rings (SSSR count). The van der Waals surface area contributed by atoms with Gasteiger partial charge in [0.05, 0.1) is 6.61 Å². The molecule has 0 saturated carbocycles. The summed E-state index contributed by atoms with van der Waals surface area (Å²) in [5, 5.41) is 49.7. The van der Waals surface area contributed by atoms with Gasteiger partial charge in [0.15, 0.2) is 0 Å². The third-order valence-electron chi connectivity index (χ3n) is 3.19. The SMILES string of the molecule is O=[N+]([O-])[C@]1(Oc2ccccc2)O[C@H](CO)[C@@H](O)[C@H](O)[C@@H]1O. The van der Waals surface area contributed by atoms with Crippen LogP contribution in [0.25, 0.3) is 0 Å². The van der Waals surface area contributed by atoms with E-state index >= 15 is 0 Å². The topological polar surface area (TPSA) is 143 Å². The first-order valence-electron chi connectivity index (χ1n) is 6.14. The summed E-state index contributed by atoms with van der Waals surface area (Å²) in [6.07, 6.45) is -7.22. The summed E-state index contributed by atoms with van der Waals surface area (Å²) < 4.78 is 10.1. The molecule has 4 N–H and O–H groups in total. The average molecular weight is 301 g/mol. The van der Waals surface area contributed by atoms with Gasteiger partial charge in [0, 0.05) is 0 Å². The normalized spacial score (nSPS) is 36.2. The van der Waals surface area contributed by atoms with Crippen molar-refractivity contribution in [1.82, 2.24) is 0 Å². The van der Waals surface area contributed by atoms with E-state index in [4.69, 9.17) is 14.6 Å². The molecule has 0 aromatic heterocycles. The fraction of sp³-hybridized carbons (Fsp3) is 0.500. The Balaban J connectivity index is 2.38. The van der Waals surface area contributed by atoms with Crippen LogP contribution >= 0.6 is 0 Å². The Kier molecular flexibility index (Phi) is 4.40. The van der Waals surface area contributed by atoms with E-state index in [-0.39, 0.29) is 5.75 Å². The molecule has 1 aromatic rings. The zero-order valence-corrected chi connectivity index (χ0v) is 10.8. The van der Waals surface area contributed by atoms with Gasteiger partial charge in [-0.3, -0.25) is 14.9 Å². The van der Waals surface area contributed by atoms with E-state index < -0.39 is 41.9 Å². The van der Waals surface area contributed by atoms with Crippen molar-refractivity contribution < 1.29 is 34.8 Å². The second-order valence-corrected chi connectivity index (χ2v) is 4.57. The van der Waals surface area contributed by atoms with Crippen LogP contribution in [0.2, 0.25) is 0 Å². The lowest BCUT2D eigenvalue weighted by Crippen LogP contribution is -2.70. The summed E-state index contributed by atoms with van der Waals surface area (Å²) in [6.45, 7) is -0.793. The average Bonchev–Trinajstić information content (AvgIpc) is 2.48. The maximum atomic E-state index is 11.3. The molecule has 1 saturated heterocycles. The maximum absolute atomic E-state index is 11.3. The van der Waals surface area contributed by atoms with Crippen LogP contribution in [0.15, 0.2) is 30.3 Å². The third-order valence-corrected chi connectivity index (χ3v) is 3.19. The number of benzene rings is 1. The minimum absolute atomic E-state index is 0.0218. The van der Waals surface area contributed by atoms with Gasteiger partial charge in [0.25, 0.3) is 0 Å². The fourth-order valence-corrected chi connectivity index (χ4v) is 2.05. The quantitative estimate of drug-likeness (QED) is 0.298. The molecular weight excluding hydrogens is 286 g/mol. The summed E-state index contributed by atoms with van der Waals surface area (Å²) in [7, 11) is 0. The van der Waals surface area contributed by atoms with Crippen LogP contribution < -0.4 is 4.74 Å². The van der Waals surface area contributed by atoms with Crippen molar-refractivity contribution in [3.63, 3.8) is 0 Å². The van der Waals surface area contributed by atoms with Crippen LogP contribution in [-0.4, -0.2) is 62.3 Å². The number of aliphatic hydroxyl groups excluding tert-OH is 4. The van der Waals surface area contributed by atoms with Crippen molar-refractivity contribution in [3.05, 3.63) is 40.4 Å². The van der Waals surface area contributed by atoms with Gasteiger partial charge in [-0.05, 0) is 12.1 Å². The maximum Gasteiger partial charge on any atom is 0.513 e. The molecule has 9 nitrogen and oxygen atoms in total. The van der Waals surface area contributed by atoms with E-state index in [1.807, 2.05) is 0 Å². The van der Waals surface area contributed by atoms with Crippen molar-refractivity contribution in [2.24, 2.45) is 0 Å². The summed E-state index contributed by atoms with van der Waals surface area (Å²) in [5.41, 5.74) is 0. The van der Waals surface area contributed by atoms with Crippen molar-refractivity contribution in [1.29, 1.82) is 0 Å². The number of hydrogen-bond acceptors (Lipinski definition) is 8. The predicted octanol–water partition coefficient (Wildman–Crippen LogP) is -1.53. The molecule has 0 radical (unpaired) electrons. The van der Waals surface area contributed by atoms with E-state index in [2.05, 4.69) is 0 Å². The molecule has 116 valence electrons. The zero-order chi connectivity index (χ0) is 15.6. The lowest BCUT2D eigenvalue weighted by Gasteiger charge is -2.41. The van der Waals surface area contributed by atoms with Crippen molar-refractivity contribution in [2.75, 3.05) is 6.61 Å². The van der Waals surface area contributed by atoms with Gasteiger partial charge in [-0.1, -0.05) is 18.2 Å². The second-order valence-electron chi connectivity index (χ2n) is 4.57. The molecule has 21 heavy (non-hydrogen) atoms. The Labute approximate surface area is 119 Å². The third kappa shape index (κ3) is 2.69. The van der Waals surface area contributed by atoms with E-state index in [1.54, 1.807) is 18.2 Å². The first-order valence-corrected chi connectivity index (χ1v) is 6.14. The predicted molar refractivity (Wildman–Crippen MR) is 66.8 cm³/mol. The molecule has 9 heteroatoms. The molecule has 1 aliphatic rings. The van der Waals surface area contributed by atoms with Gasteiger partial charge in [0.1, 0.15) is 29.0 Å². The van der Waals surface area contributed by atoms with Gasteiger partial charge in [0.2, 0.25) is 6.10 Å². The van der Waals surface area contributed by atoms with E-state index in [0.29, 0.717) is 0 Å². The van der Waals surface area contributed by atoms with E-state index in [9.17, 15) is 25.4 Å². The minimum Gasteiger partial charge on any atom is -0.403 e. The molecule has 0 unspecified atom stereocenters. The van der Waals surface area contributed by atoms with Gasteiger partial charge < -0.3 is 25.2 Å². The van der Waals surface area contributed by atoms with Crippen LogP contribution in [0, 0.1) is 10.1 Å². The number of nitrogens with zero attached hydrogens (tertiary/aromatic N) is 1. The van der Waals surface area contributed by atoms with Gasteiger partial charge >= 0.3 is 5.91 Å². The molecule has 1 heterocycles. The van der Waals surface area contributed by atoms with Crippen molar-refractivity contribution in [2.45, 2.75) is 30.3 Å². The highest BCUT2D eigenvalue weighted by Crippen LogP contribution is 2.33. The van der Waals surface area contributed by atoms with Crippen LogP contribution in [-0.2, 0) is 4.74 Å². The first-order chi connectivity index (χ1) is 9.92. The van der Waals surface area contributed by atoms with Crippen LogP contribution in [0.3, 0.4) is 0 Å². The summed E-state index contributed by atoms with van der Waals surface area (Å²) in [6, 6.07) is 7.54. The molecule has 1 aliphatic heterocycles. The summed E-state index contributed by atoms with van der Waals surface area (Å²) in [4.78, 5) is 10.3. The van der Waals surface area contributed by atoms with Crippen LogP contribution in [0.5, 0.6) is 5.75 Å². The number of aliphatic hydroxyl groups is 4. The standard InChI is InChI=1S/C12H15NO8/c14-6-8-9(15)10(16)11(17)12(21-8,13(18)19)20-7-4-2-1-3-5-7/h1-5,8-11,14-17H,6H2/t8-,9-,10+,11+,12-/m1/s1. The Morgan fingerprint density at radius 3 is 2.38 bits per heavy atom. The Hall–Kier alpha value is -1.78. The van der Waals surface area contributed by atoms with Gasteiger partial charge in [-0.2, -0.15) is 0 Å². The Bertz CT molecular complexity index is 495. The number of hydrogen-bond donors (Lipinski definition) is 4. The van der Waals surface area contributed by atoms with E-state index in [0.717, 1.165) is 0 Å². The molecule has 0 amide bonds. The highest BCUT2D eigenvalue weighted by atomic mass is 16.8. The molecule has 0 spiro atoms. The zero-order valence-electron chi connectivity index (χ0n) is 10.8. The van der Waals surface area contributed by atoms with Gasteiger partial charge in [-0.15, -0.1) is 0 Å². The van der Waals surface area contributed by atoms with Crippen LogP contribution in [0.4, 0.5) is 0 Å². The largest absolute Gasteiger partial charge is 0.513 e. The number of para-hydroxylation sites is 1. The van der Waals surface area contributed by atoms with Crippen LogP contribution in [0.1, 0.15) is 0 Å². The smallest absolute Gasteiger partial charge is 0.403 e. The number of rotatable bonds is 4. The monoisotopic (exact) mass is 301 g/mol. The summed E-state index contributed by atoms with van der Waals surface area (Å²) in [5.74, 6) is -2.80. The molecule has 0 bridgehead atoms. The highest BCUT2D eigenvalue weighted by Gasteiger charge is 2.65. The van der Waals surface area contributed by atoms with Crippen molar-refractivity contribution >= 4 is 0 Å². The Morgan fingerprint density at radius 2 is 1.86 bits per heavy atom. The van der Waals surface area contributed by atoms with Gasteiger partial charge in [-0.25, -0.2) is 0 Å². The first kappa shape index (κ1) is 15.6. The second kappa shape index (κ2) is 5.92. The lowest BCUT2D eigenvalue weighted by atomic mass is 9.96. The molecule has 5 atom stereocenters.